The zero-order chi connectivity index (χ0) is 11.7. The number of nitrogens with one attached hydrogen (secondary N) is 2. The summed E-state index contributed by atoms with van der Waals surface area (Å²) in [5, 5.41) is 6.54. The molecular formula is C11H26IN3O. The fourth-order valence-electron chi connectivity index (χ4n) is 1.06. The van der Waals surface area contributed by atoms with Crippen LogP contribution in [0.25, 0.3) is 0 Å². The molecule has 0 aliphatic rings. The van der Waals surface area contributed by atoms with Gasteiger partial charge in [0.15, 0.2) is 5.96 Å². The lowest BCUT2D eigenvalue weighted by Gasteiger charge is -2.23. The smallest absolute Gasteiger partial charge is 0.191 e. The van der Waals surface area contributed by atoms with E-state index in [4.69, 9.17) is 4.74 Å². The van der Waals surface area contributed by atoms with E-state index in [0.717, 1.165) is 32.1 Å². The molecule has 4 nitrogen and oxygen atoms in total. The number of hydrogen-bond acceptors (Lipinski definition) is 2. The molecule has 0 saturated heterocycles. The average Bonchev–Trinajstić information content (AvgIpc) is 2.14. The van der Waals surface area contributed by atoms with Gasteiger partial charge in [-0.2, -0.15) is 0 Å². The van der Waals surface area contributed by atoms with E-state index in [9.17, 15) is 0 Å². The number of rotatable bonds is 5. The van der Waals surface area contributed by atoms with Gasteiger partial charge in [-0.05, 0) is 34.1 Å². The van der Waals surface area contributed by atoms with E-state index >= 15 is 0 Å². The minimum Gasteiger partial charge on any atom is -0.382 e. The van der Waals surface area contributed by atoms with Crippen molar-refractivity contribution < 1.29 is 4.74 Å². The zero-order valence-corrected chi connectivity index (χ0v) is 13.4. The molecule has 0 saturated carbocycles. The van der Waals surface area contributed by atoms with Crippen LogP contribution in [-0.4, -0.2) is 38.3 Å². The normalized spacial score (nSPS) is 11.9. The van der Waals surface area contributed by atoms with E-state index in [1.807, 2.05) is 6.92 Å². The molecule has 0 bridgehead atoms. The molecule has 0 aliphatic heterocycles. The Bertz CT molecular complexity index is 190. The predicted molar refractivity (Wildman–Crippen MR) is 80.8 cm³/mol. The predicted octanol–water partition coefficient (Wildman–Crippen LogP) is 1.99. The largest absolute Gasteiger partial charge is 0.382 e. The van der Waals surface area contributed by atoms with Gasteiger partial charge in [0.05, 0.1) is 0 Å². The van der Waals surface area contributed by atoms with Crippen molar-refractivity contribution in [1.82, 2.24) is 10.6 Å². The van der Waals surface area contributed by atoms with Crippen molar-refractivity contribution in [2.45, 2.75) is 39.7 Å². The Morgan fingerprint density at radius 2 is 1.94 bits per heavy atom. The topological polar surface area (TPSA) is 45.6 Å². The van der Waals surface area contributed by atoms with Crippen LogP contribution >= 0.6 is 24.0 Å². The summed E-state index contributed by atoms with van der Waals surface area (Å²) < 4.78 is 5.25. The van der Waals surface area contributed by atoms with Crippen molar-refractivity contribution in [2.75, 3.05) is 26.8 Å². The van der Waals surface area contributed by atoms with Crippen molar-refractivity contribution in [3.8, 4) is 0 Å². The molecule has 0 heterocycles. The van der Waals surface area contributed by atoms with Crippen molar-refractivity contribution in [3.05, 3.63) is 0 Å². The van der Waals surface area contributed by atoms with Crippen molar-refractivity contribution in [3.63, 3.8) is 0 Å². The summed E-state index contributed by atoms with van der Waals surface area (Å²) in [7, 11) is 1.78. The van der Waals surface area contributed by atoms with Crippen LogP contribution in [0, 0.1) is 0 Å². The highest BCUT2D eigenvalue weighted by Gasteiger charge is 2.10. The highest BCUT2D eigenvalue weighted by molar-refractivity contribution is 14.0. The summed E-state index contributed by atoms with van der Waals surface area (Å²) in [6.07, 6.45) is 0.999. The van der Waals surface area contributed by atoms with Gasteiger partial charge in [-0.1, -0.05) is 0 Å². The molecule has 0 fully saturated rings. The van der Waals surface area contributed by atoms with Gasteiger partial charge in [0.25, 0.3) is 0 Å². The lowest BCUT2D eigenvalue weighted by atomic mass is 10.1. The summed E-state index contributed by atoms with van der Waals surface area (Å²) in [5.74, 6) is 0.846. The maximum Gasteiger partial charge on any atom is 0.191 e. The van der Waals surface area contributed by atoms with Gasteiger partial charge in [0.2, 0.25) is 0 Å². The summed E-state index contributed by atoms with van der Waals surface area (Å²) in [5.41, 5.74) is 0.0434. The number of aliphatic imine (C=N–C) groups is 1. The fourth-order valence-corrected chi connectivity index (χ4v) is 1.06. The first kappa shape index (κ1) is 18.3. The highest BCUT2D eigenvalue weighted by Crippen LogP contribution is 1.97. The Kier molecular flexibility index (Phi) is 11.6. The third kappa shape index (κ3) is 12.0. The Balaban J connectivity index is 0. The van der Waals surface area contributed by atoms with Crippen molar-refractivity contribution >= 4 is 29.9 Å². The van der Waals surface area contributed by atoms with Gasteiger partial charge in [-0.25, -0.2) is 0 Å². The second-order valence-electron chi connectivity index (χ2n) is 4.42. The number of guanidine groups is 1. The molecule has 0 aliphatic carbocycles. The number of ether oxygens (including phenoxy) is 1. The minimum absolute atomic E-state index is 0. The van der Waals surface area contributed by atoms with Crippen LogP contribution in [0.15, 0.2) is 4.99 Å². The quantitative estimate of drug-likeness (QED) is 0.347. The van der Waals surface area contributed by atoms with Gasteiger partial charge in [0.1, 0.15) is 0 Å². The number of halogens is 1. The minimum atomic E-state index is 0. The Labute approximate surface area is 117 Å². The molecular weight excluding hydrogens is 317 g/mol. The van der Waals surface area contributed by atoms with Gasteiger partial charge in [-0.15, -0.1) is 24.0 Å². The second kappa shape index (κ2) is 10.1. The third-order valence-electron chi connectivity index (χ3n) is 1.68. The molecule has 5 heteroatoms. The maximum atomic E-state index is 5.25. The van der Waals surface area contributed by atoms with Gasteiger partial charge in [0, 0.05) is 32.3 Å². The fraction of sp³-hybridized carbons (Fsp3) is 0.909. The standard InChI is InChI=1S/C11H25N3O.HI/c1-6-15-9-7-8-13-10(12-5)14-11(2,3)4;/h6-9H2,1-5H3,(H2,12,13,14);1H. The Morgan fingerprint density at radius 1 is 1.31 bits per heavy atom. The first-order valence-electron chi connectivity index (χ1n) is 5.56. The summed E-state index contributed by atoms with van der Waals surface area (Å²) in [6, 6.07) is 0. The zero-order valence-electron chi connectivity index (χ0n) is 11.1. The van der Waals surface area contributed by atoms with Crippen molar-refractivity contribution in [1.29, 1.82) is 0 Å². The molecule has 0 amide bonds. The van der Waals surface area contributed by atoms with Crippen LogP contribution < -0.4 is 10.6 Å². The Morgan fingerprint density at radius 3 is 2.38 bits per heavy atom. The molecule has 98 valence electrons. The lowest BCUT2D eigenvalue weighted by molar-refractivity contribution is 0.145. The van der Waals surface area contributed by atoms with Gasteiger partial charge in [-0.3, -0.25) is 4.99 Å². The molecule has 0 spiro atoms. The van der Waals surface area contributed by atoms with E-state index < -0.39 is 0 Å². The van der Waals surface area contributed by atoms with Crippen LogP contribution in [0.2, 0.25) is 0 Å². The Hall–Kier alpha value is -0.0400. The molecule has 0 aromatic rings. The van der Waals surface area contributed by atoms with Crippen LogP contribution in [0.4, 0.5) is 0 Å². The summed E-state index contributed by atoms with van der Waals surface area (Å²) >= 11 is 0. The van der Waals surface area contributed by atoms with E-state index in [1.54, 1.807) is 7.05 Å². The molecule has 2 N–H and O–H groups in total. The SMILES string of the molecule is CCOCCCNC(=NC)NC(C)(C)C.I. The second-order valence-corrected chi connectivity index (χ2v) is 4.42. The van der Waals surface area contributed by atoms with E-state index in [1.165, 1.54) is 0 Å². The first-order valence-corrected chi connectivity index (χ1v) is 5.56. The van der Waals surface area contributed by atoms with E-state index in [-0.39, 0.29) is 29.5 Å². The summed E-state index contributed by atoms with van der Waals surface area (Å²) in [4.78, 5) is 4.14. The molecule has 0 aromatic heterocycles. The number of nitrogens with zero attached hydrogens (tertiary/aromatic N) is 1. The molecule has 16 heavy (non-hydrogen) atoms. The average molecular weight is 343 g/mol. The molecule has 0 atom stereocenters. The van der Waals surface area contributed by atoms with E-state index in [0.29, 0.717) is 0 Å². The third-order valence-corrected chi connectivity index (χ3v) is 1.68. The lowest BCUT2D eigenvalue weighted by Crippen LogP contribution is -2.47. The van der Waals surface area contributed by atoms with Crippen LogP contribution in [0.1, 0.15) is 34.1 Å². The molecule has 0 rings (SSSR count). The van der Waals surface area contributed by atoms with E-state index in [2.05, 4.69) is 36.4 Å². The summed E-state index contributed by atoms with van der Waals surface area (Å²) in [6.45, 7) is 10.8. The van der Waals surface area contributed by atoms with Gasteiger partial charge >= 0.3 is 0 Å². The van der Waals surface area contributed by atoms with Crippen molar-refractivity contribution in [2.24, 2.45) is 4.99 Å². The van der Waals surface area contributed by atoms with Crippen LogP contribution in [-0.2, 0) is 4.74 Å². The van der Waals surface area contributed by atoms with Crippen LogP contribution in [0.3, 0.4) is 0 Å². The highest BCUT2D eigenvalue weighted by atomic mass is 127. The van der Waals surface area contributed by atoms with Gasteiger partial charge < -0.3 is 15.4 Å². The maximum absolute atomic E-state index is 5.25. The molecule has 0 unspecified atom stereocenters. The monoisotopic (exact) mass is 343 g/mol. The first-order chi connectivity index (χ1) is 6.99. The number of hydrogen-bond donors (Lipinski definition) is 2. The van der Waals surface area contributed by atoms with Crippen LogP contribution in [0.5, 0.6) is 0 Å². The molecule has 0 aromatic carbocycles. The molecule has 0 radical (unpaired) electrons.